The van der Waals surface area contributed by atoms with Gasteiger partial charge in [0.25, 0.3) is 0 Å². The van der Waals surface area contributed by atoms with Crippen molar-refractivity contribution in [2.24, 2.45) is 0 Å². The molecule has 2 aliphatic rings. The van der Waals surface area contributed by atoms with E-state index < -0.39 is 13.9 Å². The lowest BCUT2D eigenvalue weighted by molar-refractivity contribution is -0.0644. The third kappa shape index (κ3) is 5.22. The molecule has 218 valence electrons. The first-order valence-electron chi connectivity index (χ1n) is 15.7. The molecule has 0 N–H and O–H groups in total. The minimum Gasteiger partial charge on any atom is -0.474 e. The summed E-state index contributed by atoms with van der Waals surface area (Å²) in [6, 6.07) is 46.2. The maximum absolute atomic E-state index is 7.50. The van der Waals surface area contributed by atoms with Crippen molar-refractivity contribution < 1.29 is 9.16 Å². The summed E-state index contributed by atoms with van der Waals surface area (Å²) in [5, 5.41) is 2.41. The first kappa shape index (κ1) is 28.1. The third-order valence-corrected chi connectivity index (χ3v) is 10.1. The summed E-state index contributed by atoms with van der Waals surface area (Å²) in [6.07, 6.45) is 2.98. The first-order valence-corrected chi connectivity index (χ1v) is 19.1. The van der Waals surface area contributed by atoms with Crippen LogP contribution >= 0.6 is 0 Å². The summed E-state index contributed by atoms with van der Waals surface area (Å²) in [5.74, 6) is 1.28. The number of likely N-dealkylation sites (tertiary alicyclic amines) is 1. The van der Waals surface area contributed by atoms with Crippen LogP contribution in [-0.4, -0.2) is 32.0 Å². The molecule has 7 rings (SSSR count). The summed E-state index contributed by atoms with van der Waals surface area (Å²) in [4.78, 5) is 2.65. The normalized spacial score (nSPS) is 21.0. The second kappa shape index (κ2) is 11.4. The van der Waals surface area contributed by atoms with Crippen LogP contribution in [0.15, 0.2) is 127 Å². The summed E-state index contributed by atoms with van der Waals surface area (Å²) >= 11 is 0. The Hall–Kier alpha value is -3.70. The molecule has 3 nitrogen and oxygen atoms in total. The second-order valence-electron chi connectivity index (χ2n) is 13.1. The van der Waals surface area contributed by atoms with Crippen molar-refractivity contribution in [1.82, 2.24) is 4.90 Å². The zero-order chi connectivity index (χ0) is 29.4. The van der Waals surface area contributed by atoms with E-state index in [1.165, 1.54) is 33.0 Å². The smallest absolute Gasteiger partial charge is 0.185 e. The van der Waals surface area contributed by atoms with Gasteiger partial charge in [-0.15, -0.1) is 0 Å². The van der Waals surface area contributed by atoms with E-state index in [2.05, 4.69) is 152 Å². The van der Waals surface area contributed by atoms with Crippen LogP contribution in [0.2, 0.25) is 19.6 Å². The highest BCUT2D eigenvalue weighted by Crippen LogP contribution is 2.50. The Kier molecular flexibility index (Phi) is 7.46. The number of hydrogen-bond acceptors (Lipinski definition) is 3. The molecule has 3 atom stereocenters. The molecule has 5 aromatic rings. The zero-order valence-electron chi connectivity index (χ0n) is 25.4. The van der Waals surface area contributed by atoms with Crippen molar-refractivity contribution >= 4 is 19.1 Å². The minimum absolute atomic E-state index is 0.0759. The van der Waals surface area contributed by atoms with Crippen LogP contribution in [-0.2, 0) is 10.0 Å². The molecule has 1 unspecified atom stereocenters. The Morgan fingerprint density at radius 3 is 1.98 bits per heavy atom. The van der Waals surface area contributed by atoms with Gasteiger partial charge in [0.05, 0.1) is 0 Å². The molecule has 4 heteroatoms. The zero-order valence-corrected chi connectivity index (χ0v) is 26.4. The largest absolute Gasteiger partial charge is 0.474 e. The molecule has 0 radical (unpaired) electrons. The van der Waals surface area contributed by atoms with Gasteiger partial charge in [0, 0.05) is 35.9 Å². The minimum atomic E-state index is -2.03. The molecular formula is C39H41NO2Si. The maximum Gasteiger partial charge on any atom is 0.185 e. The van der Waals surface area contributed by atoms with Crippen molar-refractivity contribution in [3.05, 3.63) is 150 Å². The molecule has 1 saturated heterocycles. The molecule has 2 heterocycles. The van der Waals surface area contributed by atoms with Crippen molar-refractivity contribution in [3.8, 4) is 5.75 Å². The molecule has 0 aromatic heterocycles. The Labute approximate surface area is 257 Å². The molecule has 0 bridgehead atoms. The monoisotopic (exact) mass is 583 g/mol. The first-order chi connectivity index (χ1) is 20.9. The molecule has 0 aliphatic carbocycles. The number of nitrogens with zero attached hydrogens (tertiary/aromatic N) is 1. The lowest BCUT2D eigenvalue weighted by atomic mass is 9.78. The van der Waals surface area contributed by atoms with Crippen LogP contribution < -0.4 is 4.74 Å². The summed E-state index contributed by atoms with van der Waals surface area (Å²) < 4.78 is 14.7. The van der Waals surface area contributed by atoms with Gasteiger partial charge in [0.2, 0.25) is 0 Å². The van der Waals surface area contributed by atoms with Gasteiger partial charge in [0.15, 0.2) is 14.5 Å². The maximum atomic E-state index is 7.50. The lowest BCUT2D eigenvalue weighted by Crippen LogP contribution is -2.58. The Bertz CT molecular complexity index is 1640. The highest BCUT2D eigenvalue weighted by molar-refractivity contribution is 6.69. The average Bonchev–Trinajstić information content (AvgIpc) is 3.54. The van der Waals surface area contributed by atoms with Crippen molar-refractivity contribution in [1.29, 1.82) is 0 Å². The van der Waals surface area contributed by atoms with E-state index >= 15 is 0 Å². The summed E-state index contributed by atoms with van der Waals surface area (Å²) in [6.45, 7) is 7.93. The highest BCUT2D eigenvalue weighted by atomic mass is 28.4. The van der Waals surface area contributed by atoms with Gasteiger partial charge in [-0.1, -0.05) is 127 Å². The van der Waals surface area contributed by atoms with E-state index in [4.69, 9.17) is 9.16 Å². The van der Waals surface area contributed by atoms with Crippen molar-refractivity contribution in [2.45, 2.75) is 62.7 Å². The van der Waals surface area contributed by atoms with Gasteiger partial charge in [-0.25, -0.2) is 0 Å². The Balaban J connectivity index is 1.39. The van der Waals surface area contributed by atoms with Gasteiger partial charge in [-0.3, -0.25) is 4.90 Å². The number of fused-ring (bicyclic) bond motifs is 3. The lowest BCUT2D eigenvalue weighted by Gasteiger charge is -2.50. The van der Waals surface area contributed by atoms with Crippen LogP contribution in [0.25, 0.3) is 10.8 Å². The molecule has 5 aromatic carbocycles. The van der Waals surface area contributed by atoms with Crippen LogP contribution in [0.1, 0.15) is 47.4 Å². The number of ether oxygens (including phenoxy) is 1. The molecule has 0 saturated carbocycles. The molecule has 2 aliphatic heterocycles. The summed E-state index contributed by atoms with van der Waals surface area (Å²) in [5.41, 5.74) is 4.48. The van der Waals surface area contributed by atoms with E-state index in [1.54, 1.807) is 0 Å². The Morgan fingerprint density at radius 1 is 0.721 bits per heavy atom. The SMILES string of the molecule is C[Si](C)(C)OC(c1ccccc1)(c1ccccc1)[C@@H]1CCCN1C1C[C@@H](c2ccccc2)c2ccc3ccccc3c2O1. The van der Waals surface area contributed by atoms with Crippen LogP contribution in [0.5, 0.6) is 5.75 Å². The van der Waals surface area contributed by atoms with Gasteiger partial charge < -0.3 is 9.16 Å². The molecule has 43 heavy (non-hydrogen) atoms. The van der Waals surface area contributed by atoms with E-state index in [9.17, 15) is 0 Å². The fourth-order valence-corrected chi connectivity index (χ4v) is 8.88. The van der Waals surface area contributed by atoms with E-state index in [0.29, 0.717) is 0 Å². The van der Waals surface area contributed by atoms with Crippen LogP contribution in [0.3, 0.4) is 0 Å². The standard InChI is InChI=1S/C39H41NO2Si/c1-43(2,3)42-39(31-19-9-5-10-20-31,32-21-11-6-12-22-32)36-24-15-27-40(36)37-28-35(29-16-7-4-8-17-29)34-26-25-30-18-13-14-23-33(30)38(34)41-37/h4-14,16-23,25-26,35-37H,15,24,27-28H2,1-3H3/t35-,36-,37?/m0/s1. The fourth-order valence-electron chi connectivity index (χ4n) is 7.54. The predicted molar refractivity (Wildman–Crippen MR) is 179 cm³/mol. The van der Waals surface area contributed by atoms with Crippen molar-refractivity contribution in [2.75, 3.05) is 6.54 Å². The van der Waals surface area contributed by atoms with E-state index in [-0.39, 0.29) is 18.2 Å². The van der Waals surface area contributed by atoms with Gasteiger partial charge >= 0.3 is 0 Å². The number of benzene rings is 5. The quantitative estimate of drug-likeness (QED) is 0.178. The highest BCUT2D eigenvalue weighted by Gasteiger charge is 2.52. The fraction of sp³-hybridized carbons (Fsp3) is 0.282. The van der Waals surface area contributed by atoms with Crippen LogP contribution in [0.4, 0.5) is 0 Å². The Morgan fingerprint density at radius 2 is 1.33 bits per heavy atom. The van der Waals surface area contributed by atoms with Crippen molar-refractivity contribution in [3.63, 3.8) is 0 Å². The number of rotatable bonds is 7. The topological polar surface area (TPSA) is 21.7 Å². The van der Waals surface area contributed by atoms with E-state index in [1.807, 2.05) is 0 Å². The van der Waals surface area contributed by atoms with Crippen LogP contribution in [0, 0.1) is 0 Å². The summed E-state index contributed by atoms with van der Waals surface area (Å²) in [7, 11) is -2.03. The van der Waals surface area contributed by atoms with E-state index in [0.717, 1.165) is 31.6 Å². The molecule has 0 amide bonds. The molecular weight excluding hydrogens is 543 g/mol. The second-order valence-corrected chi connectivity index (χ2v) is 17.5. The molecule has 1 fully saturated rings. The predicted octanol–water partition coefficient (Wildman–Crippen LogP) is 9.34. The van der Waals surface area contributed by atoms with Gasteiger partial charge in [-0.05, 0) is 54.6 Å². The van der Waals surface area contributed by atoms with Gasteiger partial charge in [-0.2, -0.15) is 0 Å². The molecule has 0 spiro atoms. The third-order valence-electron chi connectivity index (χ3n) is 9.18. The van der Waals surface area contributed by atoms with Gasteiger partial charge in [0.1, 0.15) is 11.4 Å². The average molecular weight is 584 g/mol. The number of hydrogen-bond donors (Lipinski definition) is 0.